The molecule has 0 unspecified atom stereocenters. The molecule has 2 aromatic rings. The van der Waals surface area contributed by atoms with Gasteiger partial charge in [-0.3, -0.25) is 0 Å². The van der Waals surface area contributed by atoms with E-state index in [0.29, 0.717) is 12.1 Å². The van der Waals surface area contributed by atoms with Crippen LogP contribution in [0.5, 0.6) is 5.75 Å². The number of aryl methyl sites for hydroxylation is 1. The number of rotatable bonds is 4. The Kier molecular flexibility index (Phi) is 4.05. The summed E-state index contributed by atoms with van der Waals surface area (Å²) in [6.07, 6.45) is 0. The lowest BCUT2D eigenvalue weighted by molar-refractivity contribution is 0.425. The van der Waals surface area contributed by atoms with Crippen LogP contribution in [0.4, 0.5) is 10.1 Å². The summed E-state index contributed by atoms with van der Waals surface area (Å²) < 4.78 is 13.3. The number of para-hydroxylation sites is 2. The van der Waals surface area contributed by atoms with Gasteiger partial charge in [-0.25, -0.2) is 4.39 Å². The van der Waals surface area contributed by atoms with E-state index in [0.717, 1.165) is 12.2 Å². The van der Waals surface area contributed by atoms with Crippen molar-refractivity contribution >= 4 is 5.69 Å². The van der Waals surface area contributed by atoms with E-state index in [2.05, 4.69) is 4.90 Å². The average Bonchev–Trinajstić information content (AvgIpc) is 2.41. The molecule has 0 spiro atoms. The average molecular weight is 259 g/mol. The van der Waals surface area contributed by atoms with Crippen LogP contribution in [0.3, 0.4) is 0 Å². The van der Waals surface area contributed by atoms with Gasteiger partial charge >= 0.3 is 0 Å². The van der Waals surface area contributed by atoms with Crippen LogP contribution in [0.1, 0.15) is 18.1 Å². The number of phenols is 1. The molecule has 0 aromatic heterocycles. The van der Waals surface area contributed by atoms with Crippen LogP contribution in [0.25, 0.3) is 0 Å². The summed E-state index contributed by atoms with van der Waals surface area (Å²) in [5, 5.41) is 9.76. The quantitative estimate of drug-likeness (QED) is 0.901. The highest BCUT2D eigenvalue weighted by Gasteiger charge is 2.12. The molecule has 2 aromatic carbocycles. The largest absolute Gasteiger partial charge is 0.505 e. The van der Waals surface area contributed by atoms with Gasteiger partial charge in [0.15, 0.2) is 11.6 Å². The number of nitrogens with zero attached hydrogens (tertiary/aromatic N) is 1. The molecule has 0 radical (unpaired) electrons. The van der Waals surface area contributed by atoms with Crippen LogP contribution < -0.4 is 4.90 Å². The van der Waals surface area contributed by atoms with Crippen molar-refractivity contribution in [2.24, 2.45) is 0 Å². The minimum Gasteiger partial charge on any atom is -0.505 e. The van der Waals surface area contributed by atoms with Crippen LogP contribution in [-0.2, 0) is 6.54 Å². The molecule has 0 heterocycles. The highest BCUT2D eigenvalue weighted by Crippen LogP contribution is 2.26. The summed E-state index contributed by atoms with van der Waals surface area (Å²) in [6.45, 7) is 5.37. The summed E-state index contributed by atoms with van der Waals surface area (Å²) in [5.74, 6) is -0.826. The first-order chi connectivity index (χ1) is 9.13. The van der Waals surface area contributed by atoms with E-state index in [1.165, 1.54) is 11.6 Å². The Morgan fingerprint density at radius 3 is 2.53 bits per heavy atom. The third kappa shape index (κ3) is 2.87. The summed E-state index contributed by atoms with van der Waals surface area (Å²) in [4.78, 5) is 2.11. The molecule has 1 N–H and O–H groups in total. The van der Waals surface area contributed by atoms with E-state index in [-0.39, 0.29) is 5.75 Å². The predicted octanol–water partition coefficient (Wildman–Crippen LogP) is 3.87. The van der Waals surface area contributed by atoms with Crippen LogP contribution in [0.2, 0.25) is 0 Å². The second-order valence-corrected chi connectivity index (χ2v) is 4.55. The maximum Gasteiger partial charge on any atom is 0.165 e. The lowest BCUT2D eigenvalue weighted by Gasteiger charge is -2.25. The molecule has 0 amide bonds. The molecule has 0 fully saturated rings. The first-order valence-electron chi connectivity index (χ1n) is 6.40. The van der Waals surface area contributed by atoms with Crippen molar-refractivity contribution in [2.45, 2.75) is 20.4 Å². The number of aromatic hydroxyl groups is 1. The molecular weight excluding hydrogens is 241 g/mol. The normalized spacial score (nSPS) is 10.5. The molecule has 0 aliphatic heterocycles. The fraction of sp³-hybridized carbons (Fsp3) is 0.250. The van der Waals surface area contributed by atoms with Crippen LogP contribution in [0.15, 0.2) is 42.5 Å². The van der Waals surface area contributed by atoms with E-state index < -0.39 is 5.82 Å². The zero-order valence-corrected chi connectivity index (χ0v) is 11.2. The summed E-state index contributed by atoms with van der Waals surface area (Å²) in [6, 6.07) is 12.7. The van der Waals surface area contributed by atoms with Gasteiger partial charge in [-0.2, -0.15) is 0 Å². The Morgan fingerprint density at radius 2 is 1.84 bits per heavy atom. The van der Waals surface area contributed by atoms with Gasteiger partial charge in [0, 0.05) is 24.3 Å². The molecule has 2 rings (SSSR count). The first kappa shape index (κ1) is 13.4. The fourth-order valence-electron chi connectivity index (χ4n) is 2.18. The molecule has 0 saturated heterocycles. The Balaban J connectivity index is 2.30. The minimum atomic E-state index is -0.571. The van der Waals surface area contributed by atoms with Crippen LogP contribution in [-0.4, -0.2) is 11.7 Å². The Hall–Kier alpha value is -2.03. The molecule has 100 valence electrons. The molecule has 0 saturated carbocycles. The molecule has 2 nitrogen and oxygen atoms in total. The van der Waals surface area contributed by atoms with Gasteiger partial charge in [0.1, 0.15) is 0 Å². The number of phenolic OH excluding ortho intramolecular Hbond substituents is 1. The predicted molar refractivity (Wildman–Crippen MR) is 76.0 cm³/mol. The summed E-state index contributed by atoms with van der Waals surface area (Å²) >= 11 is 0. The number of anilines is 1. The minimum absolute atomic E-state index is 0.255. The summed E-state index contributed by atoms with van der Waals surface area (Å²) in [7, 11) is 0. The van der Waals surface area contributed by atoms with Crippen LogP contribution >= 0.6 is 0 Å². The standard InChI is InChI=1S/C16H18FNO/c1-3-18(15-10-5-4-7-12(15)2)11-13-8-6-9-14(17)16(13)19/h4-10,19H,3,11H2,1-2H3. The van der Waals surface area contributed by atoms with Gasteiger partial charge in [0.05, 0.1) is 0 Å². The third-order valence-corrected chi connectivity index (χ3v) is 3.27. The van der Waals surface area contributed by atoms with Crippen molar-refractivity contribution in [3.63, 3.8) is 0 Å². The zero-order valence-electron chi connectivity index (χ0n) is 11.2. The molecule has 3 heteroatoms. The number of halogens is 1. The lowest BCUT2D eigenvalue weighted by Crippen LogP contribution is -2.22. The van der Waals surface area contributed by atoms with Gasteiger partial charge in [-0.05, 0) is 31.5 Å². The molecule has 0 bridgehead atoms. The van der Waals surface area contributed by atoms with Gasteiger partial charge < -0.3 is 10.0 Å². The van der Waals surface area contributed by atoms with E-state index >= 15 is 0 Å². The smallest absolute Gasteiger partial charge is 0.165 e. The Morgan fingerprint density at radius 1 is 1.11 bits per heavy atom. The van der Waals surface area contributed by atoms with Gasteiger partial charge in [0.2, 0.25) is 0 Å². The number of hydrogen-bond donors (Lipinski definition) is 1. The van der Waals surface area contributed by atoms with Gasteiger partial charge in [0.25, 0.3) is 0 Å². The van der Waals surface area contributed by atoms with Gasteiger partial charge in [-0.1, -0.05) is 30.3 Å². The first-order valence-corrected chi connectivity index (χ1v) is 6.40. The third-order valence-electron chi connectivity index (χ3n) is 3.27. The maximum absolute atomic E-state index is 13.3. The van der Waals surface area contributed by atoms with Crippen molar-refractivity contribution in [1.29, 1.82) is 0 Å². The number of benzene rings is 2. The van der Waals surface area contributed by atoms with Crippen molar-refractivity contribution in [3.8, 4) is 5.75 Å². The van der Waals surface area contributed by atoms with E-state index in [1.807, 2.05) is 38.1 Å². The molecule has 0 aliphatic rings. The molecule has 19 heavy (non-hydrogen) atoms. The van der Waals surface area contributed by atoms with E-state index in [4.69, 9.17) is 0 Å². The summed E-state index contributed by atoms with van der Waals surface area (Å²) in [5.41, 5.74) is 2.87. The van der Waals surface area contributed by atoms with Crippen molar-refractivity contribution < 1.29 is 9.50 Å². The lowest BCUT2D eigenvalue weighted by atomic mass is 10.1. The van der Waals surface area contributed by atoms with Crippen molar-refractivity contribution in [3.05, 3.63) is 59.4 Å². The maximum atomic E-state index is 13.3. The second-order valence-electron chi connectivity index (χ2n) is 4.55. The van der Waals surface area contributed by atoms with Crippen molar-refractivity contribution in [2.75, 3.05) is 11.4 Å². The molecule has 0 aliphatic carbocycles. The monoisotopic (exact) mass is 259 g/mol. The SMILES string of the molecule is CCN(Cc1cccc(F)c1O)c1ccccc1C. The number of hydrogen-bond acceptors (Lipinski definition) is 2. The highest BCUT2D eigenvalue weighted by molar-refractivity contribution is 5.54. The van der Waals surface area contributed by atoms with E-state index in [9.17, 15) is 9.50 Å². The second kappa shape index (κ2) is 5.74. The molecular formula is C16H18FNO. The van der Waals surface area contributed by atoms with Crippen LogP contribution in [0, 0.1) is 12.7 Å². The van der Waals surface area contributed by atoms with Gasteiger partial charge in [-0.15, -0.1) is 0 Å². The topological polar surface area (TPSA) is 23.5 Å². The fourth-order valence-corrected chi connectivity index (χ4v) is 2.18. The van der Waals surface area contributed by atoms with Crippen molar-refractivity contribution in [1.82, 2.24) is 0 Å². The zero-order chi connectivity index (χ0) is 13.8. The highest BCUT2D eigenvalue weighted by atomic mass is 19.1. The Labute approximate surface area is 113 Å². The molecule has 0 atom stereocenters. The Bertz CT molecular complexity index is 568. The van der Waals surface area contributed by atoms with E-state index in [1.54, 1.807) is 12.1 Å².